The normalized spacial score (nSPS) is 10.9. The number of aromatic nitrogens is 1. The Morgan fingerprint density at radius 2 is 1.53 bits per heavy atom. The van der Waals surface area contributed by atoms with E-state index in [1.54, 1.807) is 11.5 Å². The minimum Gasteiger partial charge on any atom is -0.222 e. The van der Waals surface area contributed by atoms with E-state index in [0.717, 1.165) is 10.7 Å². The largest absolute Gasteiger partial charge is 0.225 e. The molecular weight excluding hydrogens is 313 g/mol. The molecule has 0 N–H and O–H groups in total. The van der Waals surface area contributed by atoms with E-state index < -0.39 is 10.2 Å². The molecule has 5 nitrogen and oxygen atoms in total. The number of nitrogens with zero attached hydrogens (tertiary/aromatic N) is 1. The Morgan fingerprint density at radius 3 is 1.89 bits per heavy atom. The van der Waals surface area contributed by atoms with E-state index in [1.165, 1.54) is 10.4 Å². The molecule has 0 bridgehead atoms. The van der Waals surface area contributed by atoms with Gasteiger partial charge in [0.1, 0.15) is 11.5 Å². The van der Waals surface area contributed by atoms with Crippen LogP contribution in [0.2, 0.25) is 5.02 Å². The topological polar surface area (TPSA) is 96.1 Å². The summed E-state index contributed by atoms with van der Waals surface area (Å²) < 4.78 is 36.1. The van der Waals surface area contributed by atoms with Crippen molar-refractivity contribution in [2.45, 2.75) is 13.8 Å². The van der Waals surface area contributed by atoms with Crippen molar-refractivity contribution in [2.75, 3.05) is 0 Å². The molecule has 0 aliphatic heterocycles. The highest BCUT2D eigenvalue weighted by Crippen LogP contribution is 2.14. The van der Waals surface area contributed by atoms with Gasteiger partial charge in [0, 0.05) is 22.7 Å². The lowest BCUT2D eigenvalue weighted by Gasteiger charge is -2.17. The summed E-state index contributed by atoms with van der Waals surface area (Å²) in [7, 11) is -4.94. The molecule has 0 fully saturated rings. The summed E-state index contributed by atoms with van der Waals surface area (Å²) in [5.74, 6) is 0. The molecule has 19 heavy (non-hydrogen) atoms. The van der Waals surface area contributed by atoms with Gasteiger partial charge in [0.15, 0.2) is 6.20 Å². The van der Waals surface area contributed by atoms with E-state index in [1.807, 2.05) is 24.3 Å². The number of benzene rings is 1. The van der Waals surface area contributed by atoms with Gasteiger partial charge < -0.3 is 0 Å². The van der Waals surface area contributed by atoms with E-state index in [4.69, 9.17) is 30.2 Å². The van der Waals surface area contributed by atoms with Crippen molar-refractivity contribution in [1.82, 2.24) is 0 Å². The minimum absolute atomic E-state index is 0.777. The summed E-state index contributed by atoms with van der Waals surface area (Å²) in [6.45, 7) is 4.25. The lowest BCUT2D eigenvalue weighted by atomic mass is 10.3. The number of aryl methyl sites for hydroxylation is 2. The third-order valence-electron chi connectivity index (χ3n) is 2.18. The molecule has 0 unspecified atom stereocenters. The Morgan fingerprint density at radius 1 is 1.05 bits per heavy atom. The number of rotatable bonds is 1. The van der Waals surface area contributed by atoms with Crippen LogP contribution in [-0.4, -0.2) is 0 Å². The minimum atomic E-state index is -4.94. The van der Waals surface area contributed by atoms with Crippen molar-refractivity contribution in [3.8, 4) is 5.69 Å². The quantitative estimate of drug-likeness (QED) is 0.599. The van der Waals surface area contributed by atoms with Crippen molar-refractivity contribution >= 4 is 23.1 Å². The highest BCUT2D eigenvalue weighted by Gasteiger charge is 2.11. The zero-order valence-electron chi connectivity index (χ0n) is 10.1. The molecule has 0 saturated heterocycles. The maximum Gasteiger partial charge on any atom is 0.225 e. The Bertz CT molecular complexity index is 511. The van der Waals surface area contributed by atoms with Crippen molar-refractivity contribution in [2.24, 2.45) is 0 Å². The number of halogens is 2. The molecule has 0 spiro atoms. The molecule has 1 aromatic heterocycles. The van der Waals surface area contributed by atoms with Crippen LogP contribution in [0.1, 0.15) is 10.4 Å². The second-order valence-electron chi connectivity index (χ2n) is 3.64. The molecule has 0 atom stereocenters. The van der Waals surface area contributed by atoms with Crippen LogP contribution in [0.25, 0.3) is 5.69 Å². The number of hydrogen-bond donors (Lipinski definition) is 0. The summed E-state index contributed by atoms with van der Waals surface area (Å²) >= 11 is 7.58. The van der Waals surface area contributed by atoms with Crippen LogP contribution in [0, 0.1) is 24.1 Å². The highest BCUT2D eigenvalue weighted by molar-refractivity contribution is 7.02. The Kier molecular flexibility index (Phi) is 5.69. The molecule has 1 heterocycles. The fraction of sp³-hybridized carbons (Fsp3) is 0.182. The van der Waals surface area contributed by atoms with Crippen LogP contribution in [-0.2, 0) is 0 Å². The highest BCUT2D eigenvalue weighted by atomic mass is 35.7. The van der Waals surface area contributed by atoms with Crippen molar-refractivity contribution < 1.29 is 32.8 Å². The summed E-state index contributed by atoms with van der Waals surface area (Å²) in [4.78, 5) is 1.35. The molecular formula is C11H11Cl2NO4S. The molecule has 104 valence electrons. The van der Waals surface area contributed by atoms with Gasteiger partial charge in [-0.3, -0.25) is 0 Å². The Hall–Kier alpha value is -0.730. The summed E-state index contributed by atoms with van der Waals surface area (Å²) in [6.07, 6.45) is 2.14. The third kappa shape index (κ3) is 6.31. The van der Waals surface area contributed by atoms with Crippen LogP contribution >= 0.6 is 23.1 Å². The maximum atomic E-state index is 8.49. The van der Waals surface area contributed by atoms with E-state index >= 15 is 0 Å². The zero-order chi connectivity index (χ0) is 14.6. The van der Waals surface area contributed by atoms with Gasteiger partial charge in [-0.15, -0.1) is 14.2 Å². The van der Waals surface area contributed by atoms with Gasteiger partial charge in [-0.1, -0.05) is 11.6 Å². The van der Waals surface area contributed by atoms with E-state index in [9.17, 15) is 0 Å². The van der Waals surface area contributed by atoms with Crippen LogP contribution in [0.3, 0.4) is 0 Å². The molecule has 2 rings (SSSR count). The van der Waals surface area contributed by atoms with Crippen LogP contribution in [0.4, 0.5) is 0 Å². The van der Waals surface area contributed by atoms with Gasteiger partial charge >= 0.3 is 0 Å². The summed E-state index contributed by atoms with van der Waals surface area (Å²) in [5, 5.41) is 0.777. The van der Waals surface area contributed by atoms with Gasteiger partial charge in [-0.25, -0.2) is 18.6 Å². The maximum absolute atomic E-state index is 8.49. The predicted molar refractivity (Wildman–Crippen MR) is 60.3 cm³/mol. The number of hydrogen-bond acceptors (Lipinski definition) is 5. The first kappa shape index (κ1) is 16.3. The standard InChI is InChI=1S/C11H11ClNS.ClHO4/c1-8-7-13(14-9(8)2)11-5-3-10(12)4-6-11;2-1(3,4)5/h3-7H,1-2H3;(H,2,3,4,5)/q+1;/p-1. The molecule has 0 saturated carbocycles. The first-order valence-electron chi connectivity index (χ1n) is 5.03. The molecule has 1 aromatic carbocycles. The lowest BCUT2D eigenvalue weighted by molar-refractivity contribution is -2.00. The Labute approximate surface area is 121 Å². The van der Waals surface area contributed by atoms with E-state index in [-0.39, 0.29) is 0 Å². The average Bonchev–Trinajstić information content (AvgIpc) is 2.58. The lowest BCUT2D eigenvalue weighted by Crippen LogP contribution is -2.68. The zero-order valence-corrected chi connectivity index (χ0v) is 12.5. The molecule has 0 aliphatic carbocycles. The van der Waals surface area contributed by atoms with Crippen LogP contribution in [0.5, 0.6) is 0 Å². The van der Waals surface area contributed by atoms with Gasteiger partial charge in [-0.05, 0) is 26.0 Å². The first-order chi connectivity index (χ1) is 8.66. The van der Waals surface area contributed by atoms with Crippen molar-refractivity contribution in [1.29, 1.82) is 0 Å². The third-order valence-corrected chi connectivity index (χ3v) is 3.54. The second kappa shape index (κ2) is 6.62. The van der Waals surface area contributed by atoms with Gasteiger partial charge in [0.05, 0.1) is 4.88 Å². The molecule has 0 aliphatic rings. The van der Waals surface area contributed by atoms with Gasteiger partial charge in [0.25, 0.3) is 0 Å². The van der Waals surface area contributed by atoms with E-state index in [2.05, 4.69) is 24.0 Å². The fourth-order valence-electron chi connectivity index (χ4n) is 1.23. The molecule has 0 radical (unpaired) electrons. The van der Waals surface area contributed by atoms with Crippen LogP contribution < -0.4 is 22.6 Å². The smallest absolute Gasteiger partial charge is 0.222 e. The molecule has 0 amide bonds. The van der Waals surface area contributed by atoms with Gasteiger partial charge in [-0.2, -0.15) is 0 Å². The SMILES string of the molecule is Cc1c[n+](-c2ccc(Cl)cc2)sc1C.[O-][Cl+3]([O-])([O-])[O-]. The monoisotopic (exact) mass is 323 g/mol. The second-order valence-corrected chi connectivity index (χ2v) is 6.02. The first-order valence-corrected chi connectivity index (χ1v) is 7.42. The summed E-state index contributed by atoms with van der Waals surface area (Å²) in [6, 6.07) is 7.87. The van der Waals surface area contributed by atoms with E-state index in [0.29, 0.717) is 0 Å². The predicted octanol–water partition coefficient (Wildman–Crippen LogP) is -1.46. The Balaban J connectivity index is 0.000000312. The fourth-order valence-corrected chi connectivity index (χ4v) is 2.28. The molecule has 8 heteroatoms. The average molecular weight is 324 g/mol. The van der Waals surface area contributed by atoms with Crippen molar-refractivity contribution in [3.63, 3.8) is 0 Å². The summed E-state index contributed by atoms with van der Waals surface area (Å²) in [5.41, 5.74) is 2.49. The molecule has 2 aromatic rings. The van der Waals surface area contributed by atoms with Gasteiger partial charge in [0.2, 0.25) is 5.69 Å². The van der Waals surface area contributed by atoms with Crippen LogP contribution in [0.15, 0.2) is 30.5 Å². The van der Waals surface area contributed by atoms with Crippen molar-refractivity contribution in [3.05, 3.63) is 45.9 Å².